The quantitative estimate of drug-likeness (QED) is 0.0733. The number of aliphatic carboxylic acids is 6. The zero-order valence-electron chi connectivity index (χ0n) is 60.7. The molecule has 1 fully saturated rings. The fraction of sp³-hybridized carbons (Fsp3) is 0.476. The molecule has 4 aromatic rings. The summed E-state index contributed by atoms with van der Waals surface area (Å²) in [7, 11) is 48.8. The van der Waals surface area contributed by atoms with E-state index in [-0.39, 0.29) is 68.5 Å². The predicted molar refractivity (Wildman–Crippen MR) is 421 cm³/mol. The molecule has 5 rings (SSSR count). The zero-order chi connectivity index (χ0) is 78.8. The number of nitrogens with one attached hydrogen (secondary N) is 1. The molecule has 105 heavy (non-hydrogen) atoms. The zero-order valence-corrected chi connectivity index (χ0v) is 79.6. The second-order valence-electron chi connectivity index (χ2n) is 22.0. The van der Waals surface area contributed by atoms with Crippen LogP contribution in [0.5, 0.6) is 0 Å². The largest absolute Gasteiger partial charge is 0.693 e. The van der Waals surface area contributed by atoms with Gasteiger partial charge >= 0.3 is 224 Å². The van der Waals surface area contributed by atoms with Crippen LogP contribution in [0.4, 0.5) is 0 Å². The van der Waals surface area contributed by atoms with Crippen molar-refractivity contribution in [2.24, 2.45) is 27.6 Å². The number of aliphatic hydroxyl groups excluding tert-OH is 2. The molecule has 0 saturated heterocycles. The Morgan fingerprint density at radius 2 is 0.533 bits per heavy atom. The second kappa shape index (κ2) is 107. The molecule has 27 N–H and O–H groups in total. The first-order valence-corrected chi connectivity index (χ1v) is 55.7. The van der Waals surface area contributed by atoms with Gasteiger partial charge in [0.15, 0.2) is 0 Å². The van der Waals surface area contributed by atoms with Crippen molar-refractivity contribution >= 4 is 142 Å². The summed E-state index contributed by atoms with van der Waals surface area (Å²) in [6.45, 7) is 27.8. The van der Waals surface area contributed by atoms with Crippen LogP contribution in [0.3, 0.4) is 0 Å². The number of aromatic carboxylic acids is 2. The molecule has 0 heterocycles. The summed E-state index contributed by atoms with van der Waals surface area (Å²) >= 11 is -2.36. The molecule has 0 radical (unpaired) electrons. The van der Waals surface area contributed by atoms with Crippen LogP contribution >= 0.6 is 94.2 Å². The maximum Gasteiger partial charge on any atom is -0.693 e. The summed E-state index contributed by atoms with van der Waals surface area (Å²) in [5, 5.41) is 82.7. The minimum absolute atomic E-state index is 0. The molecule has 0 amide bonds. The number of hydrogen-bond acceptors (Lipinski definition) is 10. The van der Waals surface area contributed by atoms with Crippen molar-refractivity contribution in [3.63, 3.8) is 0 Å². The number of nitrogens with two attached hydrogens (primary N) is 8. The summed E-state index contributed by atoms with van der Waals surface area (Å²) in [4.78, 5) is 79.7. The van der Waals surface area contributed by atoms with E-state index in [1.807, 2.05) is 74.5 Å². The Hall–Kier alpha value is -1.46. The van der Waals surface area contributed by atoms with Gasteiger partial charge < -0.3 is 113 Å². The molecule has 4 aromatic carbocycles. The molecule has 638 valence electrons. The molecule has 1 aliphatic carbocycles. The first kappa shape index (κ1) is 152. The van der Waals surface area contributed by atoms with E-state index in [4.69, 9.17) is 151 Å². The molecular formula is C63H113Cl10N9O18Pt5. The normalized spacial score (nSPS) is 10.9. The molecule has 27 nitrogen and oxygen atoms in total. The molecule has 1 aliphatic rings. The standard InChI is InChI=1S/C7H13N.2C7H6O2.2C7H8O.4C5H10O2.2C4H8O2.10ClH.8H2N.5Pt/c1-6-4-2-3-5-7(6)8;2*8-7(9)6-4-2-1-3-5-6;2*8-6-7-4-2-1-3-5-7;4*1-5(2,3)4(6)7;2*1-2-3-4(5)6;;;;;;;;;;;;;;;;;;;;;;;/h6-8H,1-5H2;2*1-5H,(H,8,9);2*1-5,8H,6H2;4*1-3H3,(H,6,7);2*2-3H2,1H3,(H,5,6);10*1H;8*1H2;;;;;/q-2;;;;;;;;;;;;;;;;;;;;;8*-1;5*+4/p-10/t6-,7-;;;;;;;;;;;;;;;;;;;;;;;;;;;;;;;;;/m1................................./s1. The Balaban J connectivity index is -0.0000000445. The summed E-state index contributed by atoms with van der Waals surface area (Å²) < 4.78 is 0. The number of aliphatic hydroxyl groups is 2. The number of carboxylic acids is 8. The van der Waals surface area contributed by atoms with E-state index in [0.717, 1.165) is 30.4 Å². The van der Waals surface area contributed by atoms with E-state index in [2.05, 4.69) is 6.92 Å². The van der Waals surface area contributed by atoms with Gasteiger partial charge in [0, 0.05) is 12.8 Å². The van der Waals surface area contributed by atoms with Crippen LogP contribution in [0.15, 0.2) is 121 Å². The van der Waals surface area contributed by atoms with Crippen LogP contribution in [0.1, 0.15) is 180 Å². The SMILES string of the molecule is CC(C)(C)C(=O)O.CC(C)(C)C(=O)O.CC(C)(C)C(=O)O.CC(C)(C)C(=O)O.CCCC(=O)O.CCCC(=O)O.O=C(O)c1ccccc1.O=C(O)c1ccccc1.OCc1ccccc1.OCc1ccccc1.[CH2-][C@@H]1CCCC[C@H]1[NH-].[Cl][Pt+2][Cl].[Cl][Pt+2][Cl].[Cl][Pt+2][Cl].[Cl][Pt+2][Cl].[Cl][Pt+2][Cl].[NH2-].[NH2-].[NH2-].[NH2-].[NH2-].[NH2-].[NH2-].[NH2-]. The number of carboxylic acid groups (broad SMARTS) is 8. The van der Waals surface area contributed by atoms with E-state index in [1.165, 1.54) is 19.3 Å². The van der Waals surface area contributed by atoms with Crippen molar-refractivity contribution in [2.75, 3.05) is 0 Å². The fourth-order valence-corrected chi connectivity index (χ4v) is 3.96. The number of benzene rings is 4. The molecule has 42 heteroatoms. The van der Waals surface area contributed by atoms with E-state index in [9.17, 15) is 38.4 Å². The van der Waals surface area contributed by atoms with Gasteiger partial charge in [0.2, 0.25) is 0 Å². The van der Waals surface area contributed by atoms with Crippen molar-refractivity contribution in [3.8, 4) is 0 Å². The summed E-state index contributed by atoms with van der Waals surface area (Å²) in [5.41, 5.74) is 7.67. The Kier molecular flexibility index (Phi) is 155. The number of rotatable bonds is 8. The summed E-state index contributed by atoms with van der Waals surface area (Å²) in [6, 6.07) is 35.8. The second-order valence-corrected chi connectivity index (χ2v) is 38.4. The van der Waals surface area contributed by atoms with E-state index in [0.29, 0.717) is 29.9 Å². The van der Waals surface area contributed by atoms with Crippen molar-refractivity contribution in [3.05, 3.63) is 205 Å². The van der Waals surface area contributed by atoms with Gasteiger partial charge in [-0.1, -0.05) is 137 Å². The van der Waals surface area contributed by atoms with E-state index < -0.39 is 152 Å². The first-order valence-electron chi connectivity index (χ1n) is 27.6. The molecule has 0 bridgehead atoms. The first-order chi connectivity index (χ1) is 44.7. The van der Waals surface area contributed by atoms with Gasteiger partial charge in [-0.2, -0.15) is 12.0 Å². The molecule has 0 unspecified atom stereocenters. The maximum atomic E-state index is 10.2. The van der Waals surface area contributed by atoms with Gasteiger partial charge in [-0.3, -0.25) is 28.8 Å². The monoisotopic (exact) mass is 2610 g/mol. The molecule has 1 saturated carbocycles. The Morgan fingerprint density at radius 3 is 0.610 bits per heavy atom. The predicted octanol–water partition coefficient (Wildman–Crippen LogP) is 26.4. The smallest absolute Gasteiger partial charge is 0.693 e. The van der Waals surface area contributed by atoms with Gasteiger partial charge in [0.25, 0.3) is 0 Å². The van der Waals surface area contributed by atoms with Crippen LogP contribution in [0, 0.1) is 34.5 Å². The van der Waals surface area contributed by atoms with Gasteiger partial charge in [-0.25, -0.2) is 9.59 Å². The van der Waals surface area contributed by atoms with Crippen LogP contribution < -0.4 is 0 Å². The van der Waals surface area contributed by atoms with Gasteiger partial charge in [0.1, 0.15) is 0 Å². The third-order valence-corrected chi connectivity index (χ3v) is 9.50. The van der Waals surface area contributed by atoms with Crippen molar-refractivity contribution < 1.29 is 172 Å². The van der Waals surface area contributed by atoms with Crippen LogP contribution in [0.2, 0.25) is 0 Å². The maximum absolute atomic E-state index is 10.2. The third-order valence-electron chi connectivity index (χ3n) is 9.50. The van der Waals surface area contributed by atoms with Crippen LogP contribution in [-0.4, -0.2) is 105 Å². The average molecular weight is 2610 g/mol. The number of carbonyl (C=O) groups is 8. The number of hydrogen-bond donors (Lipinski definition) is 10. The Bertz CT molecular complexity index is 2260. The minimum atomic E-state index is -0.879. The average Bonchev–Trinajstić information content (AvgIpc) is 1.02. The Morgan fingerprint density at radius 1 is 0.371 bits per heavy atom. The van der Waals surface area contributed by atoms with Crippen molar-refractivity contribution in [2.45, 2.75) is 168 Å². The number of halogens is 10. The van der Waals surface area contributed by atoms with Crippen molar-refractivity contribution in [1.29, 1.82) is 0 Å². The molecule has 0 aliphatic heterocycles. The summed E-state index contributed by atoms with van der Waals surface area (Å²) in [5.74, 6) is -5.79. The Labute approximate surface area is 706 Å². The molecule has 0 spiro atoms. The van der Waals surface area contributed by atoms with Crippen LogP contribution in [0.25, 0.3) is 54.9 Å². The van der Waals surface area contributed by atoms with Crippen molar-refractivity contribution in [1.82, 2.24) is 0 Å². The summed E-state index contributed by atoms with van der Waals surface area (Å²) in [6.07, 6.45) is 6.84. The molecular weight excluding hydrogens is 2500 g/mol. The van der Waals surface area contributed by atoms with Gasteiger partial charge in [0.05, 0.1) is 46.0 Å². The minimum Gasteiger partial charge on any atom is -0.693 e. The third kappa shape index (κ3) is 149. The fourth-order valence-electron chi connectivity index (χ4n) is 3.96. The van der Waals surface area contributed by atoms with Gasteiger partial charge in [-0.15, -0.1) is 0 Å². The van der Waals surface area contributed by atoms with Gasteiger partial charge in [-0.05, 0) is 131 Å². The van der Waals surface area contributed by atoms with E-state index in [1.54, 1.807) is 144 Å². The van der Waals surface area contributed by atoms with Crippen LogP contribution in [-0.2, 0) is 124 Å². The topological polar surface area (TPSA) is 631 Å². The molecule has 2 atom stereocenters. The van der Waals surface area contributed by atoms with E-state index >= 15 is 0 Å². The molecule has 0 aromatic heterocycles.